The van der Waals surface area contributed by atoms with Crippen molar-refractivity contribution in [2.24, 2.45) is 0 Å². The topological polar surface area (TPSA) is 58.6 Å². The number of nitrogens with one attached hydrogen (secondary N) is 1. The molecule has 0 saturated heterocycles. The Morgan fingerprint density at radius 3 is 2.84 bits per heavy atom. The van der Waals surface area contributed by atoms with Crippen molar-refractivity contribution in [1.29, 1.82) is 0 Å². The first-order chi connectivity index (χ1) is 9.15. The number of benzene rings is 1. The standard InChI is InChI=1S/C15H13N3O/c1-9-14(17-10(2)18-15(9)19)12-6-5-11-4-3-7-16-13(11)8-12/h3-8H,1-2H3,(H,17,18,19). The van der Waals surface area contributed by atoms with Crippen LogP contribution in [0.2, 0.25) is 0 Å². The minimum Gasteiger partial charge on any atom is -0.311 e. The summed E-state index contributed by atoms with van der Waals surface area (Å²) in [6.07, 6.45) is 1.76. The van der Waals surface area contributed by atoms with Crippen molar-refractivity contribution >= 4 is 10.9 Å². The van der Waals surface area contributed by atoms with Crippen LogP contribution >= 0.6 is 0 Å². The Bertz CT molecular complexity index is 821. The number of aromatic amines is 1. The van der Waals surface area contributed by atoms with Crippen LogP contribution in [-0.4, -0.2) is 15.0 Å². The van der Waals surface area contributed by atoms with Gasteiger partial charge in [0.2, 0.25) is 0 Å². The van der Waals surface area contributed by atoms with Gasteiger partial charge in [0.1, 0.15) is 5.82 Å². The fourth-order valence-corrected chi connectivity index (χ4v) is 2.14. The largest absolute Gasteiger partial charge is 0.311 e. The monoisotopic (exact) mass is 251 g/mol. The number of H-pyrrole nitrogens is 1. The van der Waals surface area contributed by atoms with Crippen molar-refractivity contribution in [2.45, 2.75) is 13.8 Å². The molecule has 1 aromatic carbocycles. The normalized spacial score (nSPS) is 10.8. The number of nitrogens with zero attached hydrogens (tertiary/aromatic N) is 2. The Morgan fingerprint density at radius 1 is 1.16 bits per heavy atom. The molecule has 4 heteroatoms. The Kier molecular flexibility index (Phi) is 2.63. The van der Waals surface area contributed by atoms with Crippen LogP contribution in [0.3, 0.4) is 0 Å². The van der Waals surface area contributed by atoms with Gasteiger partial charge in [-0.2, -0.15) is 0 Å². The summed E-state index contributed by atoms with van der Waals surface area (Å²) in [4.78, 5) is 23.2. The first-order valence-electron chi connectivity index (χ1n) is 6.08. The molecule has 2 heterocycles. The molecule has 0 bridgehead atoms. The lowest BCUT2D eigenvalue weighted by molar-refractivity contribution is 1.000. The number of fused-ring (bicyclic) bond motifs is 1. The van der Waals surface area contributed by atoms with Gasteiger partial charge in [0.05, 0.1) is 11.2 Å². The molecule has 0 aliphatic carbocycles. The summed E-state index contributed by atoms with van der Waals surface area (Å²) in [7, 11) is 0. The summed E-state index contributed by atoms with van der Waals surface area (Å²) >= 11 is 0. The lowest BCUT2D eigenvalue weighted by Crippen LogP contribution is -2.14. The maximum atomic E-state index is 11.8. The zero-order chi connectivity index (χ0) is 13.4. The molecule has 0 spiro atoms. The highest BCUT2D eigenvalue weighted by Gasteiger charge is 2.09. The van der Waals surface area contributed by atoms with E-state index >= 15 is 0 Å². The van der Waals surface area contributed by atoms with Gasteiger partial charge in [0.15, 0.2) is 0 Å². The van der Waals surface area contributed by atoms with Crippen LogP contribution in [0.5, 0.6) is 0 Å². The maximum Gasteiger partial charge on any atom is 0.254 e. The second-order valence-corrected chi connectivity index (χ2v) is 4.54. The van der Waals surface area contributed by atoms with E-state index in [0.717, 1.165) is 16.5 Å². The second-order valence-electron chi connectivity index (χ2n) is 4.54. The average Bonchev–Trinajstić information content (AvgIpc) is 2.42. The molecular weight excluding hydrogens is 238 g/mol. The van der Waals surface area contributed by atoms with E-state index in [9.17, 15) is 4.79 Å². The fourth-order valence-electron chi connectivity index (χ4n) is 2.14. The Labute approximate surface area is 110 Å². The van der Waals surface area contributed by atoms with E-state index in [1.807, 2.05) is 30.3 Å². The quantitative estimate of drug-likeness (QED) is 0.723. The molecule has 0 radical (unpaired) electrons. The first-order valence-corrected chi connectivity index (χ1v) is 6.08. The van der Waals surface area contributed by atoms with Crippen LogP contribution in [0.15, 0.2) is 41.3 Å². The predicted molar refractivity (Wildman–Crippen MR) is 75.1 cm³/mol. The summed E-state index contributed by atoms with van der Waals surface area (Å²) < 4.78 is 0. The molecule has 0 saturated carbocycles. The molecule has 3 rings (SSSR count). The Morgan fingerprint density at radius 2 is 2.00 bits per heavy atom. The molecule has 0 atom stereocenters. The summed E-state index contributed by atoms with van der Waals surface area (Å²) in [5.74, 6) is 0.617. The molecule has 3 aromatic rings. The van der Waals surface area contributed by atoms with Crippen LogP contribution in [0, 0.1) is 13.8 Å². The van der Waals surface area contributed by atoms with Gasteiger partial charge in [-0.3, -0.25) is 9.78 Å². The molecule has 0 aliphatic rings. The maximum absolute atomic E-state index is 11.8. The molecule has 19 heavy (non-hydrogen) atoms. The zero-order valence-electron chi connectivity index (χ0n) is 10.8. The van der Waals surface area contributed by atoms with E-state index in [4.69, 9.17) is 0 Å². The fraction of sp³-hybridized carbons (Fsp3) is 0.133. The van der Waals surface area contributed by atoms with Gasteiger partial charge in [0, 0.05) is 22.7 Å². The Balaban J connectivity index is 2.27. The van der Waals surface area contributed by atoms with Crippen molar-refractivity contribution in [3.8, 4) is 11.3 Å². The molecule has 0 amide bonds. The zero-order valence-corrected chi connectivity index (χ0v) is 10.8. The number of aromatic nitrogens is 3. The average molecular weight is 251 g/mol. The number of aryl methyl sites for hydroxylation is 1. The Hall–Kier alpha value is -2.49. The highest BCUT2D eigenvalue weighted by atomic mass is 16.1. The van der Waals surface area contributed by atoms with Crippen molar-refractivity contribution in [2.75, 3.05) is 0 Å². The summed E-state index contributed by atoms with van der Waals surface area (Å²) in [5.41, 5.74) is 3.07. The van der Waals surface area contributed by atoms with Crippen LogP contribution < -0.4 is 5.56 Å². The van der Waals surface area contributed by atoms with Crippen LogP contribution in [0.1, 0.15) is 11.4 Å². The summed E-state index contributed by atoms with van der Waals surface area (Å²) in [6.45, 7) is 3.56. The lowest BCUT2D eigenvalue weighted by Gasteiger charge is -2.06. The predicted octanol–water partition coefficient (Wildman–Crippen LogP) is 2.60. The van der Waals surface area contributed by atoms with Gasteiger partial charge in [-0.15, -0.1) is 0 Å². The smallest absolute Gasteiger partial charge is 0.254 e. The molecule has 2 aromatic heterocycles. The van der Waals surface area contributed by atoms with E-state index in [1.165, 1.54) is 0 Å². The number of pyridine rings is 1. The third-order valence-electron chi connectivity index (χ3n) is 3.15. The van der Waals surface area contributed by atoms with Gasteiger partial charge in [0.25, 0.3) is 5.56 Å². The molecule has 0 aliphatic heterocycles. The first kappa shape index (κ1) is 11.6. The van der Waals surface area contributed by atoms with E-state index in [0.29, 0.717) is 17.1 Å². The van der Waals surface area contributed by atoms with E-state index in [1.54, 1.807) is 20.0 Å². The number of hydrogen-bond acceptors (Lipinski definition) is 3. The molecule has 0 fully saturated rings. The van der Waals surface area contributed by atoms with E-state index in [2.05, 4.69) is 15.0 Å². The van der Waals surface area contributed by atoms with Crippen LogP contribution in [0.4, 0.5) is 0 Å². The van der Waals surface area contributed by atoms with Gasteiger partial charge in [-0.1, -0.05) is 18.2 Å². The van der Waals surface area contributed by atoms with Crippen molar-refractivity contribution < 1.29 is 0 Å². The molecule has 4 nitrogen and oxygen atoms in total. The summed E-state index contributed by atoms with van der Waals surface area (Å²) in [5, 5.41) is 1.07. The van der Waals surface area contributed by atoms with Crippen LogP contribution in [-0.2, 0) is 0 Å². The third-order valence-corrected chi connectivity index (χ3v) is 3.15. The molecule has 0 unspecified atom stereocenters. The van der Waals surface area contributed by atoms with Crippen molar-refractivity contribution in [3.63, 3.8) is 0 Å². The van der Waals surface area contributed by atoms with Gasteiger partial charge >= 0.3 is 0 Å². The van der Waals surface area contributed by atoms with Gasteiger partial charge in [-0.05, 0) is 26.0 Å². The highest BCUT2D eigenvalue weighted by Crippen LogP contribution is 2.22. The molecule has 94 valence electrons. The summed E-state index contributed by atoms with van der Waals surface area (Å²) in [6, 6.07) is 9.84. The third kappa shape index (κ3) is 2.01. The van der Waals surface area contributed by atoms with Crippen LogP contribution in [0.25, 0.3) is 22.2 Å². The van der Waals surface area contributed by atoms with E-state index in [-0.39, 0.29) is 5.56 Å². The molecular formula is C15H13N3O. The van der Waals surface area contributed by atoms with Gasteiger partial charge in [-0.25, -0.2) is 4.98 Å². The van der Waals surface area contributed by atoms with Gasteiger partial charge < -0.3 is 4.98 Å². The highest BCUT2D eigenvalue weighted by molar-refractivity contribution is 5.83. The minimum absolute atomic E-state index is 0.0939. The molecule has 1 N–H and O–H groups in total. The number of rotatable bonds is 1. The minimum atomic E-state index is -0.0939. The lowest BCUT2D eigenvalue weighted by atomic mass is 10.1. The van der Waals surface area contributed by atoms with E-state index < -0.39 is 0 Å². The SMILES string of the molecule is Cc1nc(-c2ccc3cccnc3c2)c(C)c(=O)[nH]1. The van der Waals surface area contributed by atoms with Crippen molar-refractivity contribution in [1.82, 2.24) is 15.0 Å². The second kappa shape index (κ2) is 4.31. The van der Waals surface area contributed by atoms with Crippen molar-refractivity contribution in [3.05, 3.63) is 58.3 Å². The number of hydrogen-bond donors (Lipinski definition) is 1.